The molecule has 4 heteroatoms. The van der Waals surface area contributed by atoms with E-state index in [9.17, 15) is 15.0 Å². The third-order valence-electron chi connectivity index (χ3n) is 14.0. The first-order chi connectivity index (χ1) is 15.7. The third kappa shape index (κ3) is 2.21. The second kappa shape index (κ2) is 6.52. The zero-order chi connectivity index (χ0) is 24.7. The lowest BCUT2D eigenvalue weighted by Gasteiger charge is -2.74. The molecule has 0 amide bonds. The van der Waals surface area contributed by atoms with E-state index < -0.39 is 17.1 Å². The number of esters is 1. The summed E-state index contributed by atoms with van der Waals surface area (Å²) in [4.78, 5) is 13.7. The maximum atomic E-state index is 13.7. The monoisotopic (exact) mass is 470 g/mol. The summed E-state index contributed by atoms with van der Waals surface area (Å²) in [5.41, 5.74) is -0.102. The van der Waals surface area contributed by atoms with Gasteiger partial charge in [0.05, 0.1) is 12.2 Å². The van der Waals surface area contributed by atoms with Crippen molar-refractivity contribution in [1.29, 1.82) is 0 Å². The summed E-state index contributed by atoms with van der Waals surface area (Å²) in [6.07, 6.45) is 7.53. The summed E-state index contributed by atoms with van der Waals surface area (Å²) in [5.74, 6) is 1.15. The predicted octanol–water partition coefficient (Wildman–Crippen LogP) is 5.66. The Morgan fingerprint density at radius 3 is 2.26 bits per heavy atom. The molecule has 6 fully saturated rings. The number of hydrogen-bond donors (Lipinski definition) is 2. The molecule has 11 unspecified atom stereocenters. The molecule has 4 nitrogen and oxygen atoms in total. The summed E-state index contributed by atoms with van der Waals surface area (Å²) < 4.78 is 6.67. The Kier molecular flexibility index (Phi) is 4.51. The van der Waals surface area contributed by atoms with Gasteiger partial charge < -0.3 is 14.9 Å². The van der Waals surface area contributed by atoms with Crippen molar-refractivity contribution in [2.24, 2.45) is 50.7 Å². The molecular weight excluding hydrogens is 424 g/mol. The van der Waals surface area contributed by atoms with Crippen LogP contribution in [0.5, 0.6) is 0 Å². The fourth-order valence-electron chi connectivity index (χ4n) is 11.9. The SMILES string of the molecule is C=C1CC(O)C23CCC4(C)C5(C)CCC6C(C)(C)C(O)CCC6(C)C5CCC4(OC2=O)C3C1C. The third-order valence-corrected chi connectivity index (χ3v) is 14.0. The Labute approximate surface area is 205 Å². The zero-order valence-corrected chi connectivity index (χ0v) is 22.2. The standard InChI is InChI=1S/C30H46O4/c1-17-16-22(32)29-15-14-28(7)27(6)12-8-19-25(3,4)21(31)10-11-26(19,5)20(27)9-13-30(28,34-24(29)33)23(29)18(17)2/h18-23,31-32H,1,8-16H2,2-7H3. The van der Waals surface area contributed by atoms with E-state index >= 15 is 0 Å². The van der Waals surface area contributed by atoms with Crippen molar-refractivity contribution in [3.8, 4) is 0 Å². The maximum Gasteiger partial charge on any atom is 0.315 e. The van der Waals surface area contributed by atoms with Gasteiger partial charge >= 0.3 is 5.97 Å². The van der Waals surface area contributed by atoms with Crippen molar-refractivity contribution >= 4 is 5.97 Å². The maximum absolute atomic E-state index is 13.7. The number of carbonyl (C=O) groups excluding carboxylic acids is 1. The Balaban J connectivity index is 1.48. The first-order valence-corrected chi connectivity index (χ1v) is 14.0. The van der Waals surface area contributed by atoms with Crippen LogP contribution < -0.4 is 0 Å². The minimum absolute atomic E-state index is 0.0235. The van der Waals surface area contributed by atoms with Crippen molar-refractivity contribution in [2.75, 3.05) is 0 Å². The molecule has 0 aromatic heterocycles. The molecule has 1 spiro atoms. The minimum Gasteiger partial charge on any atom is -0.458 e. The van der Waals surface area contributed by atoms with Crippen molar-refractivity contribution in [1.82, 2.24) is 0 Å². The Hall–Kier alpha value is -0.870. The van der Waals surface area contributed by atoms with Crippen molar-refractivity contribution in [3.63, 3.8) is 0 Å². The Bertz CT molecular complexity index is 955. The van der Waals surface area contributed by atoms with E-state index in [-0.39, 0.29) is 45.6 Å². The first kappa shape index (κ1) is 23.5. The summed E-state index contributed by atoms with van der Waals surface area (Å²) >= 11 is 0. The lowest BCUT2D eigenvalue weighted by molar-refractivity contribution is -0.289. The average Bonchev–Trinajstić information content (AvgIpc) is 2.96. The highest BCUT2D eigenvalue weighted by Crippen LogP contribution is 2.80. The number of fused-ring (bicyclic) bond motifs is 4. The molecule has 2 bridgehead atoms. The molecule has 1 heterocycles. The van der Waals surface area contributed by atoms with Gasteiger partial charge in [0.15, 0.2) is 0 Å². The van der Waals surface area contributed by atoms with Crippen LogP contribution in [-0.2, 0) is 9.53 Å². The first-order valence-electron chi connectivity index (χ1n) is 14.0. The smallest absolute Gasteiger partial charge is 0.315 e. The van der Waals surface area contributed by atoms with Gasteiger partial charge in [-0.1, -0.05) is 53.7 Å². The van der Waals surface area contributed by atoms with Gasteiger partial charge in [-0.05, 0) is 91.8 Å². The van der Waals surface area contributed by atoms with Crippen LogP contribution in [0.4, 0.5) is 0 Å². The van der Waals surface area contributed by atoms with Gasteiger partial charge in [-0.2, -0.15) is 0 Å². The minimum atomic E-state index is -0.749. The lowest BCUT2D eigenvalue weighted by atomic mass is 9.30. The number of aliphatic hydroxyl groups is 2. The van der Waals surface area contributed by atoms with Crippen LogP contribution in [0.15, 0.2) is 12.2 Å². The number of aliphatic hydroxyl groups excluding tert-OH is 2. The normalized spacial score (nSPS) is 59.9. The molecule has 6 aliphatic rings. The van der Waals surface area contributed by atoms with Crippen molar-refractivity contribution in [2.45, 2.75) is 117 Å². The second-order valence-corrected chi connectivity index (χ2v) is 14.8. The van der Waals surface area contributed by atoms with Gasteiger partial charge in [0.1, 0.15) is 11.0 Å². The fourth-order valence-corrected chi connectivity index (χ4v) is 11.9. The molecule has 0 radical (unpaired) electrons. The van der Waals surface area contributed by atoms with E-state index in [1.807, 2.05) is 0 Å². The predicted molar refractivity (Wildman–Crippen MR) is 132 cm³/mol. The molecule has 0 aromatic carbocycles. The van der Waals surface area contributed by atoms with E-state index in [1.54, 1.807) is 0 Å². The molecule has 1 aliphatic heterocycles. The van der Waals surface area contributed by atoms with E-state index in [0.717, 1.165) is 56.9 Å². The van der Waals surface area contributed by atoms with Gasteiger partial charge in [-0.25, -0.2) is 0 Å². The largest absolute Gasteiger partial charge is 0.458 e. The van der Waals surface area contributed by atoms with Gasteiger partial charge in [-0.15, -0.1) is 0 Å². The highest BCUT2D eigenvalue weighted by Gasteiger charge is 2.82. The second-order valence-electron chi connectivity index (χ2n) is 14.8. The fraction of sp³-hybridized carbons (Fsp3) is 0.900. The Morgan fingerprint density at radius 2 is 1.56 bits per heavy atom. The van der Waals surface area contributed by atoms with Crippen LogP contribution in [0.1, 0.15) is 99.3 Å². The molecular formula is C30H46O4. The van der Waals surface area contributed by atoms with Crippen LogP contribution in [0, 0.1) is 50.7 Å². The molecule has 34 heavy (non-hydrogen) atoms. The number of hydrogen-bond acceptors (Lipinski definition) is 4. The summed E-state index contributed by atoms with van der Waals surface area (Å²) in [7, 11) is 0. The van der Waals surface area contributed by atoms with E-state index in [0.29, 0.717) is 18.3 Å². The summed E-state index contributed by atoms with van der Waals surface area (Å²) in [6, 6.07) is 0. The molecule has 1 saturated heterocycles. The van der Waals surface area contributed by atoms with Crippen molar-refractivity contribution < 1.29 is 19.7 Å². The summed E-state index contributed by atoms with van der Waals surface area (Å²) in [6.45, 7) is 18.7. The van der Waals surface area contributed by atoms with Crippen LogP contribution in [0.3, 0.4) is 0 Å². The topological polar surface area (TPSA) is 66.8 Å². The lowest BCUT2D eigenvalue weighted by Crippen LogP contribution is -2.73. The quantitative estimate of drug-likeness (QED) is 0.354. The van der Waals surface area contributed by atoms with Gasteiger partial charge in [0.25, 0.3) is 0 Å². The Morgan fingerprint density at radius 1 is 0.882 bits per heavy atom. The number of ether oxygens (including phenoxy) is 1. The molecule has 11 atom stereocenters. The van der Waals surface area contributed by atoms with Gasteiger partial charge in [-0.3, -0.25) is 4.79 Å². The average molecular weight is 471 g/mol. The highest BCUT2D eigenvalue weighted by atomic mass is 16.6. The van der Waals surface area contributed by atoms with Crippen molar-refractivity contribution in [3.05, 3.63) is 12.2 Å². The van der Waals surface area contributed by atoms with Crippen LogP contribution in [-0.4, -0.2) is 34.0 Å². The number of carbonyl (C=O) groups is 1. The molecule has 190 valence electrons. The molecule has 0 aromatic rings. The molecule has 2 N–H and O–H groups in total. The molecule has 5 saturated carbocycles. The van der Waals surface area contributed by atoms with Gasteiger partial charge in [0.2, 0.25) is 0 Å². The highest BCUT2D eigenvalue weighted by molar-refractivity contribution is 5.83. The number of rotatable bonds is 0. The molecule has 6 rings (SSSR count). The molecule has 5 aliphatic carbocycles. The summed E-state index contributed by atoms with van der Waals surface area (Å²) in [5, 5.41) is 22.2. The van der Waals surface area contributed by atoms with E-state index in [4.69, 9.17) is 4.74 Å². The van der Waals surface area contributed by atoms with Gasteiger partial charge in [0, 0.05) is 11.3 Å². The van der Waals surface area contributed by atoms with E-state index in [2.05, 4.69) is 48.1 Å². The van der Waals surface area contributed by atoms with Crippen LogP contribution in [0.25, 0.3) is 0 Å². The van der Waals surface area contributed by atoms with E-state index in [1.165, 1.54) is 0 Å². The van der Waals surface area contributed by atoms with Crippen LogP contribution >= 0.6 is 0 Å². The van der Waals surface area contributed by atoms with Crippen LogP contribution in [0.2, 0.25) is 0 Å². The zero-order valence-electron chi connectivity index (χ0n) is 22.2.